The minimum atomic E-state index is -0.383. The fourth-order valence-corrected chi connectivity index (χ4v) is 1.64. The summed E-state index contributed by atoms with van der Waals surface area (Å²) in [7, 11) is 0. The standard InChI is InChI=1S/C11H12BrNO2S/c12-9-1-3-10(4-2-9)15-11(14)5-7-16-8-6-13/h1-5,7H,6,8,13H2/b7-5-. The zero-order valence-corrected chi connectivity index (χ0v) is 11.0. The third-order valence-corrected chi connectivity index (χ3v) is 2.90. The van der Waals surface area contributed by atoms with Gasteiger partial charge in [-0.15, -0.1) is 11.8 Å². The van der Waals surface area contributed by atoms with Crippen LogP contribution in [-0.2, 0) is 4.79 Å². The Kier molecular flexibility index (Phi) is 6.22. The van der Waals surface area contributed by atoms with Crippen molar-refractivity contribution in [3.8, 4) is 5.75 Å². The van der Waals surface area contributed by atoms with Crippen LogP contribution in [0.3, 0.4) is 0 Å². The average molecular weight is 302 g/mol. The van der Waals surface area contributed by atoms with E-state index >= 15 is 0 Å². The number of esters is 1. The van der Waals surface area contributed by atoms with Crippen LogP contribution in [0.5, 0.6) is 5.75 Å². The molecule has 0 radical (unpaired) electrons. The van der Waals surface area contributed by atoms with Crippen molar-refractivity contribution in [1.82, 2.24) is 0 Å². The molecule has 1 aromatic rings. The smallest absolute Gasteiger partial charge is 0.336 e. The third-order valence-electron chi connectivity index (χ3n) is 1.57. The molecule has 0 amide bonds. The highest BCUT2D eigenvalue weighted by Crippen LogP contribution is 2.16. The number of halogens is 1. The summed E-state index contributed by atoms with van der Waals surface area (Å²) < 4.78 is 6.00. The number of thioether (sulfide) groups is 1. The highest BCUT2D eigenvalue weighted by Gasteiger charge is 1.99. The second-order valence-corrected chi connectivity index (χ2v) is 4.77. The van der Waals surface area contributed by atoms with Gasteiger partial charge in [0.05, 0.1) is 0 Å². The van der Waals surface area contributed by atoms with Crippen molar-refractivity contribution in [1.29, 1.82) is 0 Å². The molecule has 0 saturated heterocycles. The first-order valence-corrected chi connectivity index (χ1v) is 6.52. The van der Waals surface area contributed by atoms with E-state index < -0.39 is 0 Å². The van der Waals surface area contributed by atoms with Crippen molar-refractivity contribution in [3.05, 3.63) is 40.2 Å². The Bertz CT molecular complexity index is 365. The Morgan fingerprint density at radius 3 is 2.75 bits per heavy atom. The molecule has 5 heteroatoms. The van der Waals surface area contributed by atoms with Crippen LogP contribution in [0.1, 0.15) is 0 Å². The molecule has 0 fully saturated rings. The molecule has 0 atom stereocenters. The largest absolute Gasteiger partial charge is 0.423 e. The molecule has 16 heavy (non-hydrogen) atoms. The van der Waals surface area contributed by atoms with E-state index in [1.807, 2.05) is 12.1 Å². The molecule has 1 rings (SSSR count). The first-order valence-electron chi connectivity index (χ1n) is 4.68. The summed E-state index contributed by atoms with van der Waals surface area (Å²) in [6, 6.07) is 7.08. The Morgan fingerprint density at radius 2 is 2.12 bits per heavy atom. The lowest BCUT2D eigenvalue weighted by atomic mass is 10.3. The van der Waals surface area contributed by atoms with Crippen LogP contribution in [0, 0.1) is 0 Å². The van der Waals surface area contributed by atoms with Crippen molar-refractivity contribution >= 4 is 33.7 Å². The van der Waals surface area contributed by atoms with E-state index in [1.165, 1.54) is 17.8 Å². The van der Waals surface area contributed by atoms with E-state index in [1.54, 1.807) is 17.5 Å². The van der Waals surface area contributed by atoms with Crippen molar-refractivity contribution in [3.63, 3.8) is 0 Å². The van der Waals surface area contributed by atoms with Crippen molar-refractivity contribution < 1.29 is 9.53 Å². The van der Waals surface area contributed by atoms with Gasteiger partial charge in [0.25, 0.3) is 0 Å². The van der Waals surface area contributed by atoms with Crippen LogP contribution in [0.15, 0.2) is 40.2 Å². The van der Waals surface area contributed by atoms with Gasteiger partial charge in [0.2, 0.25) is 0 Å². The molecule has 0 heterocycles. The second kappa shape index (κ2) is 7.49. The molecule has 0 aromatic heterocycles. The van der Waals surface area contributed by atoms with E-state index in [0.717, 1.165) is 10.2 Å². The topological polar surface area (TPSA) is 52.3 Å². The summed E-state index contributed by atoms with van der Waals surface area (Å²) in [6.07, 6.45) is 1.39. The number of carbonyl (C=O) groups is 1. The maximum atomic E-state index is 11.3. The number of hydrogen-bond donors (Lipinski definition) is 1. The fourth-order valence-electron chi connectivity index (χ4n) is 0.893. The van der Waals surface area contributed by atoms with Gasteiger partial charge in [-0.1, -0.05) is 15.9 Å². The predicted molar refractivity (Wildman–Crippen MR) is 70.4 cm³/mol. The lowest BCUT2D eigenvalue weighted by Crippen LogP contribution is -2.03. The maximum absolute atomic E-state index is 11.3. The van der Waals surface area contributed by atoms with Gasteiger partial charge in [0, 0.05) is 22.8 Å². The van der Waals surface area contributed by atoms with Gasteiger partial charge < -0.3 is 10.5 Å². The zero-order chi connectivity index (χ0) is 11.8. The molecule has 2 N–H and O–H groups in total. The van der Waals surface area contributed by atoms with Crippen LogP contribution < -0.4 is 10.5 Å². The summed E-state index contributed by atoms with van der Waals surface area (Å²) in [5.74, 6) is 0.940. The first-order chi connectivity index (χ1) is 7.72. The number of carbonyl (C=O) groups excluding carboxylic acids is 1. The molecule has 0 aliphatic carbocycles. The summed E-state index contributed by atoms with van der Waals surface area (Å²) in [5.41, 5.74) is 5.31. The average Bonchev–Trinajstić information content (AvgIpc) is 2.28. The van der Waals surface area contributed by atoms with Gasteiger partial charge in [-0.2, -0.15) is 0 Å². The van der Waals surface area contributed by atoms with Gasteiger partial charge in [-0.25, -0.2) is 4.79 Å². The van der Waals surface area contributed by atoms with Gasteiger partial charge in [0.1, 0.15) is 5.75 Å². The summed E-state index contributed by atoms with van der Waals surface area (Å²) in [5, 5.41) is 1.69. The lowest BCUT2D eigenvalue weighted by Gasteiger charge is -2.00. The molecule has 0 saturated carbocycles. The van der Waals surface area contributed by atoms with Crippen LogP contribution in [0.4, 0.5) is 0 Å². The van der Waals surface area contributed by atoms with E-state index in [-0.39, 0.29) is 5.97 Å². The molecule has 1 aromatic carbocycles. The summed E-state index contributed by atoms with van der Waals surface area (Å²) in [6.45, 7) is 0.594. The molecular formula is C11H12BrNO2S. The Morgan fingerprint density at radius 1 is 1.44 bits per heavy atom. The molecule has 86 valence electrons. The second-order valence-electron chi connectivity index (χ2n) is 2.84. The van der Waals surface area contributed by atoms with E-state index in [4.69, 9.17) is 10.5 Å². The highest BCUT2D eigenvalue weighted by molar-refractivity contribution is 9.10. The SMILES string of the molecule is NCCS/C=C\C(=O)Oc1ccc(Br)cc1. The predicted octanol–water partition coefficient (Wildman–Crippen LogP) is 2.56. The fraction of sp³-hybridized carbons (Fsp3) is 0.182. The van der Waals surface area contributed by atoms with Crippen molar-refractivity contribution in [2.45, 2.75) is 0 Å². The van der Waals surface area contributed by atoms with E-state index in [0.29, 0.717) is 12.3 Å². The maximum Gasteiger partial charge on any atom is 0.336 e. The van der Waals surface area contributed by atoms with Gasteiger partial charge in [-0.05, 0) is 29.7 Å². The Hall–Kier alpha value is -0.780. The number of hydrogen-bond acceptors (Lipinski definition) is 4. The molecule has 0 spiro atoms. The van der Waals surface area contributed by atoms with Gasteiger partial charge >= 0.3 is 5.97 Å². The van der Waals surface area contributed by atoms with E-state index in [9.17, 15) is 4.79 Å². The number of nitrogens with two attached hydrogens (primary N) is 1. The normalized spacial score (nSPS) is 10.6. The quantitative estimate of drug-likeness (QED) is 0.393. The Balaban J connectivity index is 2.39. The molecular weight excluding hydrogens is 290 g/mol. The highest BCUT2D eigenvalue weighted by atomic mass is 79.9. The van der Waals surface area contributed by atoms with Crippen molar-refractivity contribution in [2.24, 2.45) is 5.73 Å². The van der Waals surface area contributed by atoms with Gasteiger partial charge in [-0.3, -0.25) is 0 Å². The van der Waals surface area contributed by atoms with Crippen LogP contribution in [0.25, 0.3) is 0 Å². The van der Waals surface area contributed by atoms with Crippen molar-refractivity contribution in [2.75, 3.05) is 12.3 Å². The summed E-state index contributed by atoms with van der Waals surface area (Å²) >= 11 is 4.78. The number of rotatable bonds is 5. The molecule has 0 unspecified atom stereocenters. The molecule has 3 nitrogen and oxygen atoms in total. The zero-order valence-electron chi connectivity index (χ0n) is 8.56. The molecule has 0 bridgehead atoms. The van der Waals surface area contributed by atoms with Gasteiger partial charge in [0.15, 0.2) is 0 Å². The lowest BCUT2D eigenvalue weighted by molar-refractivity contribution is -0.128. The third kappa shape index (κ3) is 5.34. The minimum absolute atomic E-state index is 0.383. The summed E-state index contributed by atoms with van der Waals surface area (Å²) in [4.78, 5) is 11.3. The molecule has 0 aliphatic heterocycles. The van der Waals surface area contributed by atoms with Crippen LogP contribution >= 0.6 is 27.7 Å². The first kappa shape index (κ1) is 13.3. The Labute approximate surface area is 107 Å². The van der Waals surface area contributed by atoms with Crippen LogP contribution in [-0.4, -0.2) is 18.3 Å². The van der Waals surface area contributed by atoms with Crippen LogP contribution in [0.2, 0.25) is 0 Å². The van der Waals surface area contributed by atoms with E-state index in [2.05, 4.69) is 15.9 Å². The molecule has 0 aliphatic rings. The number of benzene rings is 1. The monoisotopic (exact) mass is 301 g/mol. The minimum Gasteiger partial charge on any atom is -0.423 e. The number of ether oxygens (including phenoxy) is 1.